The summed E-state index contributed by atoms with van der Waals surface area (Å²) in [6.07, 6.45) is 2.13. The zero-order chi connectivity index (χ0) is 23.4. The Balaban J connectivity index is 1.67. The maximum atomic E-state index is 13.0. The molecule has 1 heterocycles. The highest BCUT2D eigenvalue weighted by Crippen LogP contribution is 2.33. The van der Waals surface area contributed by atoms with E-state index in [1.54, 1.807) is 38.3 Å². The highest BCUT2D eigenvalue weighted by atomic mass is 16.5. The smallest absolute Gasteiger partial charge is 0.338 e. The minimum absolute atomic E-state index is 0.219. The zero-order valence-electron chi connectivity index (χ0n) is 18.8. The number of amides is 2. The van der Waals surface area contributed by atoms with Crippen molar-refractivity contribution < 1.29 is 24.2 Å². The average Bonchev–Trinajstić information content (AvgIpc) is 3.65. The maximum Gasteiger partial charge on any atom is 0.338 e. The first-order valence-electron chi connectivity index (χ1n) is 11.1. The van der Waals surface area contributed by atoms with Gasteiger partial charge in [0.25, 0.3) is 0 Å². The van der Waals surface area contributed by atoms with E-state index in [1.165, 1.54) is 0 Å². The summed E-state index contributed by atoms with van der Waals surface area (Å²) < 4.78 is 10.6. The van der Waals surface area contributed by atoms with E-state index in [2.05, 4.69) is 15.5 Å². The van der Waals surface area contributed by atoms with Crippen molar-refractivity contribution in [3.8, 4) is 11.5 Å². The maximum absolute atomic E-state index is 13.0. The molecule has 8 nitrogen and oxygen atoms in total. The molecule has 4 rings (SSSR count). The number of methoxy groups -OCH3 is 1. The standard InChI is InChI=1S/C25H29N3O5/c1-3-33-24(30)22-21(15-28(18-8-9-18)14-16-4-10-19(29)11-5-16)26-25(31)27-23(22)17-6-12-20(32-2)13-7-17/h4-7,10-13,18,23,29H,3,8-9,14-15H2,1-2H3,(H2,26,27,31). The molecule has 0 aromatic heterocycles. The van der Waals surface area contributed by atoms with Crippen LogP contribution in [0.25, 0.3) is 0 Å². The van der Waals surface area contributed by atoms with Crippen LogP contribution in [-0.2, 0) is 16.1 Å². The van der Waals surface area contributed by atoms with E-state index >= 15 is 0 Å². The Morgan fingerprint density at radius 3 is 2.39 bits per heavy atom. The van der Waals surface area contributed by atoms with Crippen LogP contribution in [0.1, 0.15) is 36.9 Å². The van der Waals surface area contributed by atoms with E-state index in [9.17, 15) is 14.7 Å². The molecule has 1 saturated carbocycles. The number of ether oxygens (including phenoxy) is 2. The molecule has 1 fully saturated rings. The molecule has 2 aliphatic rings. The molecular weight excluding hydrogens is 422 g/mol. The fourth-order valence-corrected chi connectivity index (χ4v) is 4.03. The Hall–Kier alpha value is -3.52. The number of esters is 1. The minimum Gasteiger partial charge on any atom is -0.508 e. The van der Waals surface area contributed by atoms with Crippen LogP contribution in [0.3, 0.4) is 0 Å². The number of phenolic OH excluding ortho intramolecular Hbond substituents is 1. The van der Waals surface area contributed by atoms with Gasteiger partial charge in [-0.1, -0.05) is 24.3 Å². The van der Waals surface area contributed by atoms with Crippen LogP contribution in [0, 0.1) is 0 Å². The molecule has 1 atom stereocenters. The van der Waals surface area contributed by atoms with Crippen molar-refractivity contribution in [3.05, 3.63) is 70.9 Å². The molecule has 0 radical (unpaired) electrons. The molecule has 3 N–H and O–H groups in total. The number of carbonyl (C=O) groups excluding carboxylic acids is 2. The van der Waals surface area contributed by atoms with Crippen molar-refractivity contribution in [3.63, 3.8) is 0 Å². The first-order chi connectivity index (χ1) is 16.0. The summed E-state index contributed by atoms with van der Waals surface area (Å²) in [5.74, 6) is 0.452. The van der Waals surface area contributed by atoms with Gasteiger partial charge in [-0.2, -0.15) is 0 Å². The number of phenols is 1. The molecule has 33 heavy (non-hydrogen) atoms. The van der Waals surface area contributed by atoms with Gasteiger partial charge >= 0.3 is 12.0 Å². The fourth-order valence-electron chi connectivity index (χ4n) is 4.03. The molecule has 2 aromatic rings. The Morgan fingerprint density at radius 2 is 1.79 bits per heavy atom. The Kier molecular flexibility index (Phi) is 6.84. The number of nitrogens with one attached hydrogen (secondary N) is 2. The number of urea groups is 1. The van der Waals surface area contributed by atoms with Crippen molar-refractivity contribution in [2.45, 2.75) is 38.4 Å². The van der Waals surface area contributed by atoms with Crippen molar-refractivity contribution in [2.24, 2.45) is 0 Å². The van der Waals surface area contributed by atoms with Gasteiger partial charge < -0.3 is 25.2 Å². The Bertz CT molecular complexity index is 1030. The van der Waals surface area contributed by atoms with E-state index in [-0.39, 0.29) is 18.4 Å². The van der Waals surface area contributed by atoms with Gasteiger partial charge in [0.2, 0.25) is 0 Å². The van der Waals surface area contributed by atoms with Gasteiger partial charge in [0, 0.05) is 24.8 Å². The zero-order valence-corrected chi connectivity index (χ0v) is 18.8. The molecule has 2 amide bonds. The normalized spacial score (nSPS) is 18.0. The topological polar surface area (TPSA) is 100 Å². The molecular formula is C25H29N3O5. The molecule has 1 unspecified atom stereocenters. The summed E-state index contributed by atoms with van der Waals surface area (Å²) in [4.78, 5) is 27.9. The predicted molar refractivity (Wildman–Crippen MR) is 123 cm³/mol. The van der Waals surface area contributed by atoms with Crippen LogP contribution in [0.15, 0.2) is 59.8 Å². The molecule has 174 valence electrons. The summed E-state index contributed by atoms with van der Waals surface area (Å²) in [5, 5.41) is 15.3. The van der Waals surface area contributed by atoms with Gasteiger partial charge in [0.05, 0.1) is 25.3 Å². The predicted octanol–water partition coefficient (Wildman–Crippen LogP) is 3.24. The van der Waals surface area contributed by atoms with Crippen molar-refractivity contribution in [2.75, 3.05) is 20.3 Å². The number of hydrogen-bond donors (Lipinski definition) is 3. The molecule has 0 saturated heterocycles. The lowest BCUT2D eigenvalue weighted by Gasteiger charge is -2.32. The van der Waals surface area contributed by atoms with E-state index in [0.717, 1.165) is 24.0 Å². The van der Waals surface area contributed by atoms with E-state index in [1.807, 2.05) is 24.3 Å². The number of rotatable bonds is 9. The largest absolute Gasteiger partial charge is 0.508 e. The summed E-state index contributed by atoms with van der Waals surface area (Å²) >= 11 is 0. The van der Waals surface area contributed by atoms with Crippen molar-refractivity contribution >= 4 is 12.0 Å². The van der Waals surface area contributed by atoms with Gasteiger partial charge in [-0.3, -0.25) is 4.90 Å². The summed E-state index contributed by atoms with van der Waals surface area (Å²) in [6.45, 7) is 3.04. The second-order valence-electron chi connectivity index (χ2n) is 8.22. The lowest BCUT2D eigenvalue weighted by atomic mass is 9.94. The quantitative estimate of drug-likeness (QED) is 0.506. The molecule has 0 spiro atoms. The van der Waals surface area contributed by atoms with Gasteiger partial charge in [-0.05, 0) is 55.2 Å². The van der Waals surface area contributed by atoms with E-state index < -0.39 is 12.0 Å². The number of aromatic hydroxyl groups is 1. The highest BCUT2D eigenvalue weighted by molar-refractivity contribution is 5.95. The number of nitrogens with zero attached hydrogens (tertiary/aromatic N) is 1. The fraction of sp³-hybridized carbons (Fsp3) is 0.360. The number of benzene rings is 2. The van der Waals surface area contributed by atoms with Crippen LogP contribution < -0.4 is 15.4 Å². The Morgan fingerprint density at radius 1 is 1.09 bits per heavy atom. The van der Waals surface area contributed by atoms with Crippen LogP contribution in [0.5, 0.6) is 11.5 Å². The van der Waals surface area contributed by atoms with Gasteiger partial charge in [-0.25, -0.2) is 9.59 Å². The first-order valence-corrected chi connectivity index (χ1v) is 11.1. The van der Waals surface area contributed by atoms with Crippen LogP contribution in [0.4, 0.5) is 4.79 Å². The van der Waals surface area contributed by atoms with E-state index in [4.69, 9.17) is 9.47 Å². The minimum atomic E-state index is -0.631. The number of hydrogen-bond acceptors (Lipinski definition) is 6. The van der Waals surface area contributed by atoms with Gasteiger partial charge in [0.15, 0.2) is 0 Å². The average molecular weight is 452 g/mol. The third-order valence-electron chi connectivity index (χ3n) is 5.84. The van der Waals surface area contributed by atoms with Crippen LogP contribution >= 0.6 is 0 Å². The highest BCUT2D eigenvalue weighted by Gasteiger charge is 2.36. The van der Waals surface area contributed by atoms with Gasteiger partial charge in [-0.15, -0.1) is 0 Å². The van der Waals surface area contributed by atoms with Gasteiger partial charge in [0.1, 0.15) is 11.5 Å². The van der Waals surface area contributed by atoms with E-state index in [0.29, 0.717) is 36.2 Å². The summed E-state index contributed by atoms with van der Waals surface area (Å²) in [6, 6.07) is 13.7. The van der Waals surface area contributed by atoms with Crippen LogP contribution in [0.2, 0.25) is 0 Å². The second kappa shape index (κ2) is 9.95. The third kappa shape index (κ3) is 5.46. The summed E-state index contributed by atoms with van der Waals surface area (Å²) in [7, 11) is 1.59. The molecule has 2 aromatic carbocycles. The van der Waals surface area contributed by atoms with Crippen molar-refractivity contribution in [1.82, 2.24) is 15.5 Å². The summed E-state index contributed by atoms with van der Waals surface area (Å²) in [5.41, 5.74) is 2.76. The third-order valence-corrected chi connectivity index (χ3v) is 5.84. The molecule has 1 aliphatic heterocycles. The number of carbonyl (C=O) groups is 2. The molecule has 8 heteroatoms. The first kappa shape index (κ1) is 22.7. The Labute approximate surface area is 193 Å². The lowest BCUT2D eigenvalue weighted by molar-refractivity contribution is -0.139. The van der Waals surface area contributed by atoms with Crippen LogP contribution in [-0.4, -0.2) is 48.3 Å². The monoisotopic (exact) mass is 451 g/mol. The molecule has 0 bridgehead atoms. The van der Waals surface area contributed by atoms with Crippen molar-refractivity contribution in [1.29, 1.82) is 0 Å². The second-order valence-corrected chi connectivity index (χ2v) is 8.22. The molecule has 1 aliphatic carbocycles. The SMILES string of the molecule is CCOC(=O)C1=C(CN(Cc2ccc(O)cc2)C2CC2)NC(=O)NC1c1ccc(OC)cc1. The lowest BCUT2D eigenvalue weighted by Crippen LogP contribution is -2.48.